The first-order chi connectivity index (χ1) is 11.2. The zero-order valence-corrected chi connectivity index (χ0v) is 15.0. The summed E-state index contributed by atoms with van der Waals surface area (Å²) >= 11 is 0. The highest BCUT2D eigenvalue weighted by Crippen LogP contribution is 2.21. The number of nitrogens with one attached hydrogen (secondary N) is 1. The lowest BCUT2D eigenvalue weighted by Gasteiger charge is -2.37. The van der Waals surface area contributed by atoms with Gasteiger partial charge in [0.05, 0.1) is 12.5 Å². The van der Waals surface area contributed by atoms with E-state index in [1.54, 1.807) is 4.90 Å². The Hall–Kier alpha value is -1.12. The van der Waals surface area contributed by atoms with Crippen LogP contribution in [0, 0.1) is 5.41 Å². The van der Waals surface area contributed by atoms with Crippen molar-refractivity contribution in [3.63, 3.8) is 0 Å². The summed E-state index contributed by atoms with van der Waals surface area (Å²) in [5, 5.41) is 22.0. The van der Waals surface area contributed by atoms with Gasteiger partial charge < -0.3 is 25.2 Å². The predicted octanol–water partition coefficient (Wildman–Crippen LogP) is -0.384. The fourth-order valence-electron chi connectivity index (χ4n) is 3.55. The second-order valence-corrected chi connectivity index (χ2v) is 7.93. The van der Waals surface area contributed by atoms with Crippen LogP contribution in [-0.4, -0.2) is 76.9 Å². The van der Waals surface area contributed by atoms with Crippen LogP contribution < -0.4 is 5.32 Å². The Bertz CT molecular complexity index is 467. The predicted molar refractivity (Wildman–Crippen MR) is 92.0 cm³/mol. The van der Waals surface area contributed by atoms with Crippen LogP contribution in [-0.2, 0) is 9.59 Å². The van der Waals surface area contributed by atoms with Crippen LogP contribution in [0.3, 0.4) is 0 Å². The van der Waals surface area contributed by atoms with Crippen LogP contribution >= 0.6 is 0 Å². The van der Waals surface area contributed by atoms with Gasteiger partial charge in [-0.2, -0.15) is 0 Å². The monoisotopic (exact) mass is 339 g/mol. The zero-order valence-electron chi connectivity index (χ0n) is 15.0. The first kappa shape index (κ1) is 19.2. The van der Waals surface area contributed by atoms with E-state index in [0.29, 0.717) is 19.5 Å². The molecule has 2 heterocycles. The second kappa shape index (κ2) is 7.84. The standard InChI is InChI=1S/C16H30BN3O4/c1-16(2,3)15(22)19-8-4-6-12(11-19)18-10-14(21)20-9-5-7-13(20)17(23)24/h12-13,18,23-24H,4-11H2,1-3H3/t12?,13-/m0/s1. The minimum atomic E-state index is -1.48. The van der Waals surface area contributed by atoms with Gasteiger partial charge in [-0.3, -0.25) is 9.59 Å². The molecule has 0 saturated carbocycles. The molecule has 7 nitrogen and oxygen atoms in total. The molecule has 2 atom stereocenters. The molecule has 2 rings (SSSR count). The van der Waals surface area contributed by atoms with Crippen LogP contribution in [0.4, 0.5) is 0 Å². The van der Waals surface area contributed by atoms with Gasteiger partial charge in [-0.15, -0.1) is 0 Å². The van der Waals surface area contributed by atoms with Crippen LogP contribution in [0.5, 0.6) is 0 Å². The molecule has 0 bridgehead atoms. The summed E-state index contributed by atoms with van der Waals surface area (Å²) in [6, 6.07) is 0.106. The molecule has 2 aliphatic heterocycles. The largest absolute Gasteiger partial charge is 0.475 e. The number of carbonyl (C=O) groups is 2. The molecule has 0 aromatic heterocycles. The van der Waals surface area contributed by atoms with Crippen LogP contribution in [0.2, 0.25) is 0 Å². The van der Waals surface area contributed by atoms with Gasteiger partial charge in [-0.05, 0) is 25.7 Å². The van der Waals surface area contributed by atoms with E-state index in [4.69, 9.17) is 0 Å². The highest BCUT2D eigenvalue weighted by molar-refractivity contribution is 6.43. The summed E-state index contributed by atoms with van der Waals surface area (Å²) in [5.41, 5.74) is -0.391. The van der Waals surface area contributed by atoms with E-state index in [-0.39, 0.29) is 24.4 Å². The number of hydrogen-bond donors (Lipinski definition) is 3. The van der Waals surface area contributed by atoms with Crippen molar-refractivity contribution in [3.05, 3.63) is 0 Å². The summed E-state index contributed by atoms with van der Waals surface area (Å²) in [5.74, 6) is -0.460. The average molecular weight is 339 g/mol. The molecule has 0 aromatic carbocycles. The van der Waals surface area contributed by atoms with E-state index in [0.717, 1.165) is 25.8 Å². The van der Waals surface area contributed by atoms with Crippen molar-refractivity contribution in [2.75, 3.05) is 26.2 Å². The topological polar surface area (TPSA) is 93.1 Å². The van der Waals surface area contributed by atoms with Gasteiger partial charge in [0.15, 0.2) is 0 Å². The molecule has 2 fully saturated rings. The fraction of sp³-hybridized carbons (Fsp3) is 0.875. The normalized spacial score (nSPS) is 25.0. The van der Waals surface area contributed by atoms with Crippen molar-refractivity contribution < 1.29 is 19.6 Å². The maximum absolute atomic E-state index is 12.4. The van der Waals surface area contributed by atoms with Crippen molar-refractivity contribution in [2.45, 2.75) is 58.4 Å². The summed E-state index contributed by atoms with van der Waals surface area (Å²) in [4.78, 5) is 28.2. The van der Waals surface area contributed by atoms with Crippen molar-refractivity contribution >= 4 is 18.9 Å². The Balaban J connectivity index is 1.83. The Morgan fingerprint density at radius 3 is 2.46 bits per heavy atom. The van der Waals surface area contributed by atoms with Gasteiger partial charge in [0.2, 0.25) is 11.8 Å². The van der Waals surface area contributed by atoms with E-state index >= 15 is 0 Å². The number of rotatable bonds is 4. The number of likely N-dealkylation sites (tertiary alicyclic amines) is 2. The lowest BCUT2D eigenvalue weighted by Crippen LogP contribution is -2.53. The summed E-state index contributed by atoms with van der Waals surface area (Å²) < 4.78 is 0. The molecule has 2 aliphatic rings. The number of amides is 2. The molecule has 8 heteroatoms. The van der Waals surface area contributed by atoms with E-state index < -0.39 is 18.5 Å². The number of hydrogen-bond acceptors (Lipinski definition) is 5. The quantitative estimate of drug-likeness (QED) is 0.607. The highest BCUT2D eigenvalue weighted by Gasteiger charge is 2.37. The number of piperidine rings is 1. The van der Waals surface area contributed by atoms with E-state index in [1.165, 1.54) is 0 Å². The van der Waals surface area contributed by atoms with Crippen LogP contribution in [0.25, 0.3) is 0 Å². The first-order valence-electron chi connectivity index (χ1n) is 8.88. The van der Waals surface area contributed by atoms with Gasteiger partial charge in [-0.1, -0.05) is 20.8 Å². The van der Waals surface area contributed by atoms with Gasteiger partial charge in [0.25, 0.3) is 0 Å². The third-order valence-corrected chi connectivity index (χ3v) is 4.86. The number of carbonyl (C=O) groups excluding carboxylic acids is 2. The first-order valence-corrected chi connectivity index (χ1v) is 8.88. The molecule has 3 N–H and O–H groups in total. The number of nitrogens with zero attached hydrogens (tertiary/aromatic N) is 2. The SMILES string of the molecule is CC(C)(C)C(=O)N1CCCC(NCC(=O)N2CCC[C@H]2B(O)O)C1. The lowest BCUT2D eigenvalue weighted by atomic mass is 9.78. The maximum Gasteiger partial charge on any atom is 0.475 e. The molecule has 136 valence electrons. The van der Waals surface area contributed by atoms with Gasteiger partial charge in [-0.25, -0.2) is 0 Å². The second-order valence-electron chi connectivity index (χ2n) is 7.93. The molecule has 0 spiro atoms. The molecule has 0 aliphatic carbocycles. The van der Waals surface area contributed by atoms with E-state index in [2.05, 4.69) is 5.32 Å². The van der Waals surface area contributed by atoms with Crippen molar-refractivity contribution in [3.8, 4) is 0 Å². The smallest absolute Gasteiger partial charge is 0.426 e. The minimum absolute atomic E-state index is 0.106. The summed E-state index contributed by atoms with van der Waals surface area (Å²) in [7, 11) is -1.48. The fourth-order valence-corrected chi connectivity index (χ4v) is 3.55. The lowest BCUT2D eigenvalue weighted by molar-refractivity contribution is -0.140. The summed E-state index contributed by atoms with van der Waals surface area (Å²) in [6.45, 7) is 7.90. The van der Waals surface area contributed by atoms with Crippen molar-refractivity contribution in [1.29, 1.82) is 0 Å². The van der Waals surface area contributed by atoms with Gasteiger partial charge in [0.1, 0.15) is 0 Å². The molecule has 24 heavy (non-hydrogen) atoms. The molecule has 2 amide bonds. The molecular formula is C16H30BN3O4. The third-order valence-electron chi connectivity index (χ3n) is 4.86. The third kappa shape index (κ3) is 4.71. The van der Waals surface area contributed by atoms with Gasteiger partial charge in [0, 0.05) is 31.1 Å². The molecular weight excluding hydrogens is 309 g/mol. The highest BCUT2D eigenvalue weighted by atomic mass is 16.4. The molecule has 0 aromatic rings. The molecule has 0 radical (unpaired) electrons. The van der Waals surface area contributed by atoms with Crippen LogP contribution in [0.15, 0.2) is 0 Å². The Morgan fingerprint density at radius 2 is 1.83 bits per heavy atom. The average Bonchev–Trinajstić information content (AvgIpc) is 3.01. The van der Waals surface area contributed by atoms with E-state index in [9.17, 15) is 19.6 Å². The van der Waals surface area contributed by atoms with Crippen LogP contribution in [0.1, 0.15) is 46.5 Å². The summed E-state index contributed by atoms with van der Waals surface area (Å²) in [6.07, 6.45) is 3.29. The Labute approximate surface area is 144 Å². The zero-order chi connectivity index (χ0) is 17.9. The molecule has 1 unspecified atom stereocenters. The Morgan fingerprint density at radius 1 is 1.17 bits per heavy atom. The van der Waals surface area contributed by atoms with Crippen molar-refractivity contribution in [2.24, 2.45) is 5.41 Å². The Kier molecular flexibility index (Phi) is 6.28. The maximum atomic E-state index is 12.4. The van der Waals surface area contributed by atoms with Crippen molar-refractivity contribution in [1.82, 2.24) is 15.1 Å². The minimum Gasteiger partial charge on any atom is -0.426 e. The van der Waals surface area contributed by atoms with E-state index in [1.807, 2.05) is 25.7 Å². The van der Waals surface area contributed by atoms with Gasteiger partial charge >= 0.3 is 7.12 Å². The molecule has 2 saturated heterocycles.